The average Bonchev–Trinajstić information content (AvgIpc) is 2.84. The highest BCUT2D eigenvalue weighted by atomic mass is 79.9. The van der Waals surface area contributed by atoms with Gasteiger partial charge in [0.05, 0.1) is 11.1 Å². The van der Waals surface area contributed by atoms with Crippen LogP contribution < -0.4 is 5.32 Å². The molecule has 0 saturated carbocycles. The lowest BCUT2D eigenvalue weighted by atomic mass is 10.1. The van der Waals surface area contributed by atoms with Crippen LogP contribution in [0.1, 0.15) is 39.1 Å². The summed E-state index contributed by atoms with van der Waals surface area (Å²) in [7, 11) is 0. The van der Waals surface area contributed by atoms with E-state index in [0.29, 0.717) is 23.1 Å². The van der Waals surface area contributed by atoms with E-state index in [1.807, 2.05) is 0 Å². The number of halogens is 2. The SMILES string of the molecule is O=C(CCCN1C(=O)c2ccc(Br)cc2C1=O)NCc1cccc(F)c1. The molecule has 0 fully saturated rings. The lowest BCUT2D eigenvalue weighted by Gasteiger charge is -2.13. The van der Waals surface area contributed by atoms with Gasteiger partial charge in [0, 0.05) is 24.0 Å². The Balaban J connectivity index is 1.48. The maximum atomic E-state index is 13.1. The molecule has 1 aliphatic rings. The van der Waals surface area contributed by atoms with Gasteiger partial charge in [0.1, 0.15) is 5.82 Å². The molecule has 0 bridgehead atoms. The summed E-state index contributed by atoms with van der Waals surface area (Å²) < 4.78 is 13.8. The number of rotatable bonds is 6. The van der Waals surface area contributed by atoms with Crippen LogP contribution in [0.4, 0.5) is 4.39 Å². The van der Waals surface area contributed by atoms with Crippen molar-refractivity contribution in [3.05, 3.63) is 69.4 Å². The predicted octanol–water partition coefficient (Wildman–Crippen LogP) is 3.28. The molecule has 0 spiro atoms. The van der Waals surface area contributed by atoms with Crippen LogP contribution in [0.15, 0.2) is 46.9 Å². The summed E-state index contributed by atoms with van der Waals surface area (Å²) in [6.45, 7) is 0.412. The monoisotopic (exact) mass is 418 g/mol. The Morgan fingerprint density at radius 1 is 1.08 bits per heavy atom. The summed E-state index contributed by atoms with van der Waals surface area (Å²) >= 11 is 3.29. The van der Waals surface area contributed by atoms with Gasteiger partial charge in [0.25, 0.3) is 11.8 Å². The van der Waals surface area contributed by atoms with Gasteiger partial charge in [-0.25, -0.2) is 4.39 Å². The standard InChI is InChI=1S/C19H16BrFN2O3/c20-13-6-7-15-16(10-13)19(26)23(18(15)25)8-2-5-17(24)22-11-12-3-1-4-14(21)9-12/h1,3-4,6-7,9-10H,2,5,8,11H2,(H,22,24). The van der Waals surface area contributed by atoms with Crippen molar-refractivity contribution in [2.75, 3.05) is 6.54 Å². The van der Waals surface area contributed by atoms with E-state index in [1.54, 1.807) is 30.3 Å². The van der Waals surface area contributed by atoms with Crippen LogP contribution in [-0.4, -0.2) is 29.2 Å². The molecule has 26 heavy (non-hydrogen) atoms. The van der Waals surface area contributed by atoms with Crippen molar-refractivity contribution in [3.8, 4) is 0 Å². The van der Waals surface area contributed by atoms with Gasteiger partial charge in [-0.05, 0) is 42.3 Å². The molecular formula is C19H16BrFN2O3. The van der Waals surface area contributed by atoms with E-state index in [4.69, 9.17) is 0 Å². The number of imide groups is 1. The Labute approximate surface area is 158 Å². The lowest BCUT2D eigenvalue weighted by Crippen LogP contribution is -2.32. The van der Waals surface area contributed by atoms with Crippen LogP contribution >= 0.6 is 15.9 Å². The maximum Gasteiger partial charge on any atom is 0.261 e. The van der Waals surface area contributed by atoms with Gasteiger partial charge in [0.15, 0.2) is 0 Å². The Bertz CT molecular complexity index is 885. The van der Waals surface area contributed by atoms with Crippen molar-refractivity contribution >= 4 is 33.7 Å². The van der Waals surface area contributed by atoms with Gasteiger partial charge in [-0.3, -0.25) is 19.3 Å². The number of benzene rings is 2. The summed E-state index contributed by atoms with van der Waals surface area (Å²) in [5.41, 5.74) is 1.43. The molecule has 1 aliphatic heterocycles. The van der Waals surface area contributed by atoms with E-state index in [1.165, 1.54) is 12.1 Å². The van der Waals surface area contributed by atoms with Crippen molar-refractivity contribution in [1.82, 2.24) is 10.2 Å². The minimum absolute atomic E-state index is 0.173. The molecule has 1 N–H and O–H groups in total. The van der Waals surface area contributed by atoms with Crippen molar-refractivity contribution in [1.29, 1.82) is 0 Å². The van der Waals surface area contributed by atoms with Crippen LogP contribution in [-0.2, 0) is 11.3 Å². The first-order chi connectivity index (χ1) is 12.5. The fourth-order valence-corrected chi connectivity index (χ4v) is 3.16. The number of carbonyl (C=O) groups excluding carboxylic acids is 3. The molecule has 0 unspecified atom stereocenters. The lowest BCUT2D eigenvalue weighted by molar-refractivity contribution is -0.121. The zero-order valence-corrected chi connectivity index (χ0v) is 15.4. The van der Waals surface area contributed by atoms with E-state index >= 15 is 0 Å². The first kappa shape index (κ1) is 18.3. The van der Waals surface area contributed by atoms with Crippen LogP contribution in [0.3, 0.4) is 0 Å². The first-order valence-corrected chi connectivity index (χ1v) is 8.92. The largest absolute Gasteiger partial charge is 0.352 e. The van der Waals surface area contributed by atoms with Gasteiger partial charge in [-0.1, -0.05) is 28.1 Å². The van der Waals surface area contributed by atoms with E-state index < -0.39 is 0 Å². The van der Waals surface area contributed by atoms with E-state index in [-0.39, 0.29) is 43.0 Å². The van der Waals surface area contributed by atoms with Gasteiger partial charge in [-0.2, -0.15) is 0 Å². The summed E-state index contributed by atoms with van der Waals surface area (Å²) in [6, 6.07) is 11.0. The van der Waals surface area contributed by atoms with Crippen molar-refractivity contribution in [3.63, 3.8) is 0 Å². The molecule has 0 radical (unpaired) electrons. The molecule has 7 heteroatoms. The van der Waals surface area contributed by atoms with E-state index in [2.05, 4.69) is 21.2 Å². The smallest absolute Gasteiger partial charge is 0.261 e. The molecule has 134 valence electrons. The summed E-state index contributed by atoms with van der Waals surface area (Å²) in [5, 5.41) is 2.70. The molecule has 3 amide bonds. The minimum Gasteiger partial charge on any atom is -0.352 e. The number of hydrogen-bond acceptors (Lipinski definition) is 3. The third-order valence-electron chi connectivity index (χ3n) is 4.10. The Morgan fingerprint density at radius 2 is 1.85 bits per heavy atom. The normalized spacial score (nSPS) is 13.1. The van der Waals surface area contributed by atoms with Gasteiger partial charge in [-0.15, -0.1) is 0 Å². The molecule has 1 heterocycles. The molecular weight excluding hydrogens is 403 g/mol. The highest BCUT2D eigenvalue weighted by Gasteiger charge is 2.35. The third-order valence-corrected chi connectivity index (χ3v) is 4.59. The quantitative estimate of drug-likeness (QED) is 0.731. The number of fused-ring (bicyclic) bond motifs is 1. The Hall–Kier alpha value is -2.54. The fourth-order valence-electron chi connectivity index (χ4n) is 2.80. The molecule has 0 atom stereocenters. The van der Waals surface area contributed by atoms with Crippen molar-refractivity contribution < 1.29 is 18.8 Å². The predicted molar refractivity (Wildman–Crippen MR) is 97.0 cm³/mol. The maximum absolute atomic E-state index is 13.1. The summed E-state index contributed by atoms with van der Waals surface area (Å²) in [4.78, 5) is 37.7. The van der Waals surface area contributed by atoms with Crippen molar-refractivity contribution in [2.24, 2.45) is 0 Å². The van der Waals surface area contributed by atoms with Crippen LogP contribution in [0.2, 0.25) is 0 Å². The average molecular weight is 419 g/mol. The zero-order chi connectivity index (χ0) is 18.7. The number of amides is 3. The Kier molecular flexibility index (Phi) is 5.46. The Morgan fingerprint density at radius 3 is 2.62 bits per heavy atom. The highest BCUT2D eigenvalue weighted by molar-refractivity contribution is 9.10. The van der Waals surface area contributed by atoms with Gasteiger partial charge < -0.3 is 5.32 Å². The molecule has 3 rings (SSSR count). The number of nitrogens with one attached hydrogen (secondary N) is 1. The second kappa shape index (κ2) is 7.78. The first-order valence-electron chi connectivity index (χ1n) is 8.12. The van der Waals surface area contributed by atoms with Crippen molar-refractivity contribution in [2.45, 2.75) is 19.4 Å². The van der Waals surface area contributed by atoms with Crippen LogP contribution in [0, 0.1) is 5.82 Å². The van der Waals surface area contributed by atoms with Gasteiger partial charge in [0.2, 0.25) is 5.91 Å². The molecule has 0 aliphatic carbocycles. The molecule has 0 saturated heterocycles. The topological polar surface area (TPSA) is 66.5 Å². The second-order valence-corrected chi connectivity index (χ2v) is 6.88. The molecule has 2 aromatic carbocycles. The zero-order valence-electron chi connectivity index (χ0n) is 13.8. The summed E-state index contributed by atoms with van der Waals surface area (Å²) in [5.74, 6) is -1.24. The molecule has 0 aromatic heterocycles. The summed E-state index contributed by atoms with van der Waals surface area (Å²) in [6.07, 6.45) is 0.536. The third kappa shape index (κ3) is 3.99. The number of carbonyl (C=O) groups is 3. The van der Waals surface area contributed by atoms with Crippen LogP contribution in [0.5, 0.6) is 0 Å². The number of nitrogens with zero attached hydrogens (tertiary/aromatic N) is 1. The van der Waals surface area contributed by atoms with Gasteiger partial charge >= 0.3 is 0 Å². The number of hydrogen-bond donors (Lipinski definition) is 1. The second-order valence-electron chi connectivity index (χ2n) is 5.96. The molecule has 5 nitrogen and oxygen atoms in total. The highest BCUT2D eigenvalue weighted by Crippen LogP contribution is 2.26. The van der Waals surface area contributed by atoms with E-state index in [9.17, 15) is 18.8 Å². The molecule has 2 aromatic rings. The van der Waals surface area contributed by atoms with Crippen LogP contribution in [0.25, 0.3) is 0 Å². The fraction of sp³-hybridized carbons (Fsp3) is 0.211. The van der Waals surface area contributed by atoms with E-state index in [0.717, 1.165) is 9.37 Å². The minimum atomic E-state index is -0.353.